The number of carbonyl (C=O) groups excluding carboxylic acids is 1. The van der Waals surface area contributed by atoms with Crippen LogP contribution in [0.15, 0.2) is 53.0 Å². The van der Waals surface area contributed by atoms with E-state index in [-0.39, 0.29) is 19.7 Å². The lowest BCUT2D eigenvalue weighted by molar-refractivity contribution is -0.119. The molecule has 0 aliphatic carbocycles. The molecule has 0 saturated carbocycles. The van der Waals surface area contributed by atoms with Gasteiger partial charge in [0.15, 0.2) is 0 Å². The molecule has 0 unspecified atom stereocenters. The molecule has 2 rings (SSSR count). The van der Waals surface area contributed by atoms with Crippen molar-refractivity contribution in [2.75, 3.05) is 30.3 Å². The Labute approximate surface area is 166 Å². The maximum atomic E-state index is 12.1. The van der Waals surface area contributed by atoms with Crippen LogP contribution in [0, 0.1) is 0 Å². The summed E-state index contributed by atoms with van der Waals surface area (Å²) in [6, 6.07) is 13.5. The SMILES string of the molecule is CS(=O)(=O)N(CC(=O)NCCOc1ccc(Cl)cc1)c1ccc(Br)cc1. The van der Waals surface area contributed by atoms with Gasteiger partial charge in [0.1, 0.15) is 18.9 Å². The Hall–Kier alpha value is -1.77. The fraction of sp³-hybridized carbons (Fsp3) is 0.235. The standard InChI is InChI=1S/C17H18BrClN2O4S/c1-26(23,24)21(15-6-2-13(18)3-7-15)12-17(22)20-10-11-25-16-8-4-14(19)5-9-16/h2-9H,10-12H2,1H3,(H,20,22). The average Bonchev–Trinajstić information content (AvgIpc) is 2.58. The number of hydrogen-bond donors (Lipinski definition) is 1. The van der Waals surface area contributed by atoms with E-state index in [0.29, 0.717) is 16.5 Å². The topological polar surface area (TPSA) is 75.7 Å². The van der Waals surface area contributed by atoms with Gasteiger partial charge in [-0.3, -0.25) is 9.10 Å². The van der Waals surface area contributed by atoms with E-state index in [1.165, 1.54) is 0 Å². The van der Waals surface area contributed by atoms with E-state index in [9.17, 15) is 13.2 Å². The number of halogens is 2. The third-order valence-electron chi connectivity index (χ3n) is 3.31. The van der Waals surface area contributed by atoms with E-state index in [2.05, 4.69) is 21.2 Å². The van der Waals surface area contributed by atoms with Crippen LogP contribution in [0.3, 0.4) is 0 Å². The largest absolute Gasteiger partial charge is 0.492 e. The molecular weight excluding hydrogens is 444 g/mol. The minimum Gasteiger partial charge on any atom is -0.492 e. The van der Waals surface area contributed by atoms with Crippen LogP contribution < -0.4 is 14.4 Å². The number of sulfonamides is 1. The van der Waals surface area contributed by atoms with Crippen LogP contribution in [0.5, 0.6) is 5.75 Å². The fourth-order valence-corrected chi connectivity index (χ4v) is 3.33. The molecule has 0 bridgehead atoms. The van der Waals surface area contributed by atoms with Crippen molar-refractivity contribution in [3.63, 3.8) is 0 Å². The van der Waals surface area contributed by atoms with Crippen molar-refractivity contribution < 1.29 is 17.9 Å². The van der Waals surface area contributed by atoms with Gasteiger partial charge >= 0.3 is 0 Å². The Kier molecular flexibility index (Phi) is 7.31. The minimum absolute atomic E-state index is 0.249. The van der Waals surface area contributed by atoms with E-state index < -0.39 is 15.9 Å². The summed E-state index contributed by atoms with van der Waals surface area (Å²) in [7, 11) is -3.59. The third-order valence-corrected chi connectivity index (χ3v) is 5.23. The zero-order valence-electron chi connectivity index (χ0n) is 14.0. The first kappa shape index (κ1) is 20.5. The lowest BCUT2D eigenvalue weighted by Gasteiger charge is -2.22. The monoisotopic (exact) mass is 460 g/mol. The number of carbonyl (C=O) groups is 1. The Morgan fingerprint density at radius 1 is 1.15 bits per heavy atom. The first-order valence-electron chi connectivity index (χ1n) is 7.64. The molecule has 0 aliphatic rings. The molecule has 0 radical (unpaired) electrons. The number of amides is 1. The molecule has 0 spiro atoms. The highest BCUT2D eigenvalue weighted by atomic mass is 79.9. The van der Waals surface area contributed by atoms with Crippen molar-refractivity contribution in [2.45, 2.75) is 0 Å². The number of benzene rings is 2. The highest BCUT2D eigenvalue weighted by molar-refractivity contribution is 9.10. The minimum atomic E-state index is -3.59. The average molecular weight is 462 g/mol. The number of anilines is 1. The Morgan fingerprint density at radius 2 is 1.77 bits per heavy atom. The maximum Gasteiger partial charge on any atom is 0.240 e. The summed E-state index contributed by atoms with van der Waals surface area (Å²) in [6.45, 7) is 0.200. The second kappa shape index (κ2) is 9.25. The van der Waals surface area contributed by atoms with Crippen LogP contribution in [0.1, 0.15) is 0 Å². The van der Waals surface area contributed by atoms with Gasteiger partial charge in [0, 0.05) is 9.50 Å². The molecule has 9 heteroatoms. The molecular formula is C17H18BrClN2O4S. The molecule has 0 aliphatic heterocycles. The first-order chi connectivity index (χ1) is 12.3. The zero-order chi connectivity index (χ0) is 19.2. The van der Waals surface area contributed by atoms with Gasteiger partial charge in [0.05, 0.1) is 18.5 Å². The van der Waals surface area contributed by atoms with Crippen molar-refractivity contribution in [3.05, 3.63) is 58.0 Å². The molecule has 2 aromatic rings. The summed E-state index contributed by atoms with van der Waals surface area (Å²) in [5, 5.41) is 3.25. The highest BCUT2D eigenvalue weighted by Crippen LogP contribution is 2.20. The van der Waals surface area contributed by atoms with Crippen molar-refractivity contribution >= 4 is 49.1 Å². The second-order valence-corrected chi connectivity index (χ2v) is 8.66. The predicted octanol–water partition coefficient (Wildman–Crippen LogP) is 3.06. The quantitative estimate of drug-likeness (QED) is 0.613. The van der Waals surface area contributed by atoms with Gasteiger partial charge < -0.3 is 10.1 Å². The van der Waals surface area contributed by atoms with Crippen LogP contribution in [-0.2, 0) is 14.8 Å². The molecule has 0 aromatic heterocycles. The Bertz CT molecular complexity index is 842. The molecule has 0 saturated heterocycles. The van der Waals surface area contributed by atoms with Crippen LogP contribution in [0.4, 0.5) is 5.69 Å². The van der Waals surface area contributed by atoms with E-state index in [1.54, 1.807) is 48.5 Å². The summed E-state index contributed by atoms with van der Waals surface area (Å²) < 4.78 is 31.3. The lowest BCUT2D eigenvalue weighted by Crippen LogP contribution is -2.41. The molecule has 1 amide bonds. The van der Waals surface area contributed by atoms with Crippen molar-refractivity contribution in [3.8, 4) is 5.75 Å². The molecule has 0 heterocycles. The van der Waals surface area contributed by atoms with Gasteiger partial charge in [0.2, 0.25) is 15.9 Å². The normalized spacial score (nSPS) is 11.0. The summed E-state index contributed by atoms with van der Waals surface area (Å²) in [6.07, 6.45) is 1.06. The summed E-state index contributed by atoms with van der Waals surface area (Å²) in [4.78, 5) is 12.1. The van der Waals surface area contributed by atoms with Gasteiger partial charge in [-0.1, -0.05) is 27.5 Å². The first-order valence-corrected chi connectivity index (χ1v) is 10.7. The molecule has 1 N–H and O–H groups in total. The predicted molar refractivity (Wildman–Crippen MR) is 106 cm³/mol. The molecule has 0 atom stereocenters. The Morgan fingerprint density at radius 3 is 2.35 bits per heavy atom. The van der Waals surface area contributed by atoms with Gasteiger partial charge in [-0.05, 0) is 48.5 Å². The maximum absolute atomic E-state index is 12.1. The molecule has 140 valence electrons. The van der Waals surface area contributed by atoms with Crippen LogP contribution in [0.2, 0.25) is 5.02 Å². The summed E-state index contributed by atoms with van der Waals surface area (Å²) in [5.41, 5.74) is 0.420. The van der Waals surface area contributed by atoms with Gasteiger partial charge in [-0.25, -0.2) is 8.42 Å². The van der Waals surface area contributed by atoms with Crippen LogP contribution in [-0.4, -0.2) is 40.3 Å². The number of hydrogen-bond acceptors (Lipinski definition) is 4. The van der Waals surface area contributed by atoms with Gasteiger partial charge in [0.25, 0.3) is 0 Å². The van der Waals surface area contributed by atoms with Crippen molar-refractivity contribution in [1.29, 1.82) is 0 Å². The molecule has 26 heavy (non-hydrogen) atoms. The van der Waals surface area contributed by atoms with Gasteiger partial charge in [-0.15, -0.1) is 0 Å². The Balaban J connectivity index is 1.87. The van der Waals surface area contributed by atoms with E-state index in [1.807, 2.05) is 0 Å². The van der Waals surface area contributed by atoms with Gasteiger partial charge in [-0.2, -0.15) is 0 Å². The molecule has 6 nitrogen and oxygen atoms in total. The fourth-order valence-electron chi connectivity index (χ4n) is 2.08. The van der Waals surface area contributed by atoms with Crippen molar-refractivity contribution in [1.82, 2.24) is 5.32 Å². The summed E-state index contributed by atoms with van der Waals surface area (Å²) >= 11 is 9.08. The third kappa shape index (κ3) is 6.51. The molecule has 2 aromatic carbocycles. The van der Waals surface area contributed by atoms with E-state index >= 15 is 0 Å². The van der Waals surface area contributed by atoms with Crippen molar-refractivity contribution in [2.24, 2.45) is 0 Å². The number of nitrogens with zero attached hydrogens (tertiary/aromatic N) is 1. The summed E-state index contributed by atoms with van der Waals surface area (Å²) in [5.74, 6) is 0.217. The zero-order valence-corrected chi connectivity index (χ0v) is 17.1. The van der Waals surface area contributed by atoms with E-state index in [0.717, 1.165) is 15.0 Å². The molecule has 0 fully saturated rings. The van der Waals surface area contributed by atoms with Crippen LogP contribution in [0.25, 0.3) is 0 Å². The second-order valence-electron chi connectivity index (χ2n) is 5.40. The number of rotatable bonds is 8. The van der Waals surface area contributed by atoms with E-state index in [4.69, 9.17) is 16.3 Å². The smallest absolute Gasteiger partial charge is 0.240 e. The van der Waals surface area contributed by atoms with Crippen LogP contribution >= 0.6 is 27.5 Å². The number of nitrogens with one attached hydrogen (secondary N) is 1. The highest BCUT2D eigenvalue weighted by Gasteiger charge is 2.20. The number of ether oxygens (including phenoxy) is 1. The lowest BCUT2D eigenvalue weighted by atomic mass is 10.3.